The number of hydrogen-bond acceptors (Lipinski definition) is 0. The van der Waals surface area contributed by atoms with E-state index < -0.39 is 0 Å². The second-order valence-corrected chi connectivity index (χ2v) is 0. The third-order valence-electron chi connectivity index (χ3n) is 0. The van der Waals surface area contributed by atoms with Gasteiger partial charge in [0.2, 0.25) is 0 Å². The van der Waals surface area contributed by atoms with Crippen LogP contribution in [0.15, 0.2) is 0 Å². The van der Waals surface area contributed by atoms with Crippen molar-refractivity contribution in [3.63, 3.8) is 0 Å². The fraction of sp³-hybridized carbons (Fsp3) is 0. The summed E-state index contributed by atoms with van der Waals surface area (Å²) in [5.74, 6) is 0. The van der Waals surface area contributed by atoms with Gasteiger partial charge in [-0.2, -0.15) is 0 Å². The van der Waals surface area contributed by atoms with E-state index in [0.29, 0.717) is 0 Å². The summed E-state index contributed by atoms with van der Waals surface area (Å²) in [6.45, 7) is 0. The van der Waals surface area contributed by atoms with Crippen LogP contribution in [-0.2, 0) is 0 Å². The van der Waals surface area contributed by atoms with Crippen LogP contribution >= 0.6 is 0 Å². The molecule has 0 bridgehead atoms. The fourth-order valence-corrected chi connectivity index (χ4v) is 0. The van der Waals surface area contributed by atoms with E-state index in [1.807, 2.05) is 0 Å². The van der Waals surface area contributed by atoms with Crippen LogP contribution in [0.4, 0.5) is 0 Å². The van der Waals surface area contributed by atoms with Crippen LogP contribution in [-0.4, -0.2) is 55.1 Å². The molecule has 0 rings (SSSR count). The summed E-state index contributed by atoms with van der Waals surface area (Å²) in [5, 5.41) is 0. The molecule has 0 fully saturated rings. The van der Waals surface area contributed by atoms with Crippen molar-refractivity contribution < 1.29 is 87.8 Å². The summed E-state index contributed by atoms with van der Waals surface area (Å²) < 4.78 is 0. The Labute approximate surface area is 138 Å². The van der Waals surface area contributed by atoms with Crippen molar-refractivity contribution >= 4 is 55.1 Å². The molecule has 4 heteroatoms. The first-order valence-electron chi connectivity index (χ1n) is 0. The topological polar surface area (TPSA) is 0 Å². The van der Waals surface area contributed by atoms with Gasteiger partial charge in [0.15, 0.2) is 0 Å². The Morgan fingerprint density at radius 2 is 1.00 bits per heavy atom. The second kappa shape index (κ2) is 15.6. The Kier molecular flexibility index (Phi) is 91.5. The Hall–Kier alpha value is 4.66. The van der Waals surface area contributed by atoms with Gasteiger partial charge in [0, 0.05) is 105 Å². The molecule has 0 heterocycles. The van der Waals surface area contributed by atoms with Gasteiger partial charge in [0.1, 0.15) is 0 Å². The van der Waals surface area contributed by atoms with Crippen molar-refractivity contribution in [3.05, 3.63) is 0 Å². The van der Waals surface area contributed by atoms with Gasteiger partial charge < -0.3 is 0 Å². The Balaban J connectivity index is 0. The molecule has 0 aliphatic heterocycles. The first-order chi connectivity index (χ1) is 0. The maximum absolute atomic E-state index is 0. The molecule has 25 valence electrons. The molecule has 0 aromatic heterocycles. The Bertz CT molecular complexity index is 8.00. The van der Waals surface area contributed by atoms with Gasteiger partial charge >= 0.3 is 37.7 Å². The maximum atomic E-state index is 0. The van der Waals surface area contributed by atoms with Gasteiger partial charge in [-0.15, -0.1) is 0 Å². The molecule has 0 aromatic rings. The minimum atomic E-state index is 0. The minimum Gasteiger partial charge on any atom is 0 e. The molecular formula is H2AlCaNdYb. The van der Waals surface area contributed by atoms with Crippen molar-refractivity contribution in [2.75, 3.05) is 0 Å². The van der Waals surface area contributed by atoms with Crippen molar-refractivity contribution in [2.45, 2.75) is 0 Å². The Morgan fingerprint density at radius 1 is 1.00 bits per heavy atom. The van der Waals surface area contributed by atoms with Crippen molar-refractivity contribution in [2.24, 2.45) is 0 Å². The van der Waals surface area contributed by atoms with E-state index >= 15 is 0 Å². The van der Waals surface area contributed by atoms with Crippen molar-refractivity contribution in [3.8, 4) is 0 Å². The minimum absolute atomic E-state index is 0. The molecule has 3 radical (unpaired) electrons. The number of hydrogen-bond donors (Lipinski definition) is 0. The van der Waals surface area contributed by atoms with E-state index in [2.05, 4.69) is 0 Å². The molecular weight excluding hydrogens is 384 g/mol. The first kappa shape index (κ1) is 23.4. The first-order valence-corrected chi connectivity index (χ1v) is 0. The summed E-state index contributed by atoms with van der Waals surface area (Å²) in [7, 11) is 0. The summed E-state index contributed by atoms with van der Waals surface area (Å²) >= 11 is 0. The van der Waals surface area contributed by atoms with E-state index in [1.54, 1.807) is 0 Å². The van der Waals surface area contributed by atoms with E-state index in [-0.39, 0.29) is 143 Å². The van der Waals surface area contributed by atoms with E-state index in [0.717, 1.165) is 0 Å². The summed E-state index contributed by atoms with van der Waals surface area (Å²) in [6.07, 6.45) is 0. The molecule has 4 heavy (non-hydrogen) atoms. The smallest absolute Gasteiger partial charge is 0 e. The number of rotatable bonds is 0. The SMILES string of the molecule is [Al].[CaH2].[Nd].[Yb]. The third kappa shape index (κ3) is 9.83. The molecule has 0 aliphatic carbocycles. The van der Waals surface area contributed by atoms with Gasteiger partial charge in [-0.3, -0.25) is 0 Å². The van der Waals surface area contributed by atoms with E-state index in [1.165, 1.54) is 0 Å². The molecule has 0 atom stereocenters. The zero-order chi connectivity index (χ0) is 0. The average molecular weight is 386 g/mol. The predicted octanol–water partition coefficient (Wildman–Crippen LogP) is -1.30. The summed E-state index contributed by atoms with van der Waals surface area (Å²) in [6, 6.07) is 0. The van der Waals surface area contributed by atoms with Crippen LogP contribution in [0.2, 0.25) is 0 Å². The standard InChI is InChI=1S/Al.Ca.Nd.Yb.2H. The van der Waals surface area contributed by atoms with Gasteiger partial charge in [0.05, 0.1) is 0 Å². The molecule has 0 nitrogen and oxygen atoms in total. The van der Waals surface area contributed by atoms with Crippen LogP contribution in [0.5, 0.6) is 0 Å². The van der Waals surface area contributed by atoms with Crippen LogP contribution < -0.4 is 0 Å². The van der Waals surface area contributed by atoms with Gasteiger partial charge in [-0.05, 0) is 0 Å². The van der Waals surface area contributed by atoms with Crippen LogP contribution in [0, 0.1) is 87.8 Å². The van der Waals surface area contributed by atoms with Crippen molar-refractivity contribution in [1.29, 1.82) is 0 Å². The molecule has 0 saturated carbocycles. The summed E-state index contributed by atoms with van der Waals surface area (Å²) in [5.41, 5.74) is 0. The largest absolute Gasteiger partial charge is 0 e. The van der Waals surface area contributed by atoms with Crippen molar-refractivity contribution in [1.82, 2.24) is 0 Å². The quantitative estimate of drug-likeness (QED) is 0.455. The zero-order valence-corrected chi connectivity index (χ0v) is 7.42. The normalized spacial score (nSPS) is 0. The predicted molar refractivity (Wildman–Crippen MR) is 14.3 cm³/mol. The molecule has 0 aromatic carbocycles. The molecule has 0 aliphatic rings. The molecule has 0 unspecified atom stereocenters. The van der Waals surface area contributed by atoms with Crippen LogP contribution in [0.3, 0.4) is 0 Å². The average Bonchev–Trinajstić information content (AvgIpc) is 0. The van der Waals surface area contributed by atoms with Gasteiger partial charge in [-0.25, -0.2) is 0 Å². The second-order valence-electron chi connectivity index (χ2n) is 0. The van der Waals surface area contributed by atoms with E-state index in [9.17, 15) is 0 Å². The van der Waals surface area contributed by atoms with E-state index in [4.69, 9.17) is 0 Å². The Morgan fingerprint density at radius 3 is 1.00 bits per heavy atom. The third-order valence-corrected chi connectivity index (χ3v) is 0. The van der Waals surface area contributed by atoms with Gasteiger partial charge in [0.25, 0.3) is 0 Å². The summed E-state index contributed by atoms with van der Waals surface area (Å²) in [4.78, 5) is 0. The molecule has 0 saturated heterocycles. The van der Waals surface area contributed by atoms with Crippen LogP contribution in [0.1, 0.15) is 0 Å². The zero-order valence-electron chi connectivity index (χ0n) is 1.34. The van der Waals surface area contributed by atoms with Crippen LogP contribution in [0.25, 0.3) is 0 Å². The fourth-order valence-electron chi connectivity index (χ4n) is 0. The molecule has 0 N–H and O–H groups in total. The molecule has 0 amide bonds. The molecule has 0 spiro atoms. The monoisotopic (exact) mass is 385 g/mol. The maximum Gasteiger partial charge on any atom is 0 e. The van der Waals surface area contributed by atoms with Gasteiger partial charge in [-0.1, -0.05) is 0 Å².